The fourth-order valence-electron chi connectivity index (χ4n) is 2.82. The van der Waals surface area contributed by atoms with E-state index in [1.807, 2.05) is 24.3 Å². The molecule has 1 heterocycles. The molecule has 0 aliphatic rings. The predicted octanol–water partition coefficient (Wildman–Crippen LogP) is 3.91. The van der Waals surface area contributed by atoms with Crippen LogP contribution in [0.5, 0.6) is 0 Å². The van der Waals surface area contributed by atoms with E-state index < -0.39 is 11.6 Å². The van der Waals surface area contributed by atoms with Crippen molar-refractivity contribution in [3.63, 3.8) is 0 Å². The molecule has 2 aromatic carbocycles. The molecule has 0 saturated heterocycles. The van der Waals surface area contributed by atoms with E-state index in [1.165, 1.54) is 11.6 Å². The fraction of sp³-hybridized carbons (Fsp3) is 0.200. The SMILES string of the molecule is CCCN(Cc1ccccc1)c1ccc2cc(C(=O)O)c(=O)oc2c1. The number of nitrogens with zero attached hydrogens (tertiary/aromatic N) is 1. The van der Waals surface area contributed by atoms with Crippen molar-refractivity contribution in [2.24, 2.45) is 0 Å². The van der Waals surface area contributed by atoms with Gasteiger partial charge in [-0.1, -0.05) is 37.3 Å². The molecule has 0 aliphatic heterocycles. The quantitative estimate of drug-likeness (QED) is 0.691. The van der Waals surface area contributed by atoms with E-state index in [2.05, 4.69) is 24.0 Å². The number of carboxylic acids is 1. The first kappa shape index (κ1) is 16.8. The van der Waals surface area contributed by atoms with Gasteiger partial charge < -0.3 is 14.4 Å². The zero-order valence-corrected chi connectivity index (χ0v) is 13.9. The van der Waals surface area contributed by atoms with Crippen LogP contribution in [0.4, 0.5) is 5.69 Å². The summed E-state index contributed by atoms with van der Waals surface area (Å²) in [5.74, 6) is -1.28. The van der Waals surface area contributed by atoms with Gasteiger partial charge >= 0.3 is 11.6 Å². The second-order valence-electron chi connectivity index (χ2n) is 5.88. The number of aromatic carboxylic acids is 1. The molecule has 0 atom stereocenters. The zero-order valence-electron chi connectivity index (χ0n) is 13.9. The predicted molar refractivity (Wildman–Crippen MR) is 97.2 cm³/mol. The van der Waals surface area contributed by atoms with Crippen molar-refractivity contribution >= 4 is 22.6 Å². The Kier molecular flexibility index (Phi) is 4.84. The Labute approximate surface area is 145 Å². The van der Waals surface area contributed by atoms with Crippen LogP contribution in [-0.4, -0.2) is 17.6 Å². The van der Waals surface area contributed by atoms with Gasteiger partial charge in [0, 0.05) is 30.2 Å². The standard InChI is InChI=1S/C20H19NO4/c1-2-10-21(13-14-6-4-3-5-7-14)16-9-8-15-11-17(19(22)23)20(24)25-18(15)12-16/h3-9,11-12H,2,10,13H2,1H3,(H,22,23). The van der Waals surface area contributed by atoms with Gasteiger partial charge in [0.1, 0.15) is 11.1 Å². The van der Waals surface area contributed by atoms with Crippen molar-refractivity contribution in [1.82, 2.24) is 0 Å². The molecule has 0 amide bonds. The Bertz CT molecular complexity index is 947. The van der Waals surface area contributed by atoms with E-state index in [0.717, 1.165) is 25.2 Å². The van der Waals surface area contributed by atoms with Crippen molar-refractivity contribution in [1.29, 1.82) is 0 Å². The first-order valence-electron chi connectivity index (χ1n) is 8.18. The number of carboxylic acid groups (broad SMARTS) is 1. The van der Waals surface area contributed by atoms with Gasteiger partial charge in [0.15, 0.2) is 0 Å². The van der Waals surface area contributed by atoms with Gasteiger partial charge in [-0.15, -0.1) is 0 Å². The summed E-state index contributed by atoms with van der Waals surface area (Å²) < 4.78 is 5.21. The highest BCUT2D eigenvalue weighted by Crippen LogP contribution is 2.24. The van der Waals surface area contributed by atoms with Gasteiger partial charge in [-0.3, -0.25) is 0 Å². The lowest BCUT2D eigenvalue weighted by molar-refractivity contribution is 0.0692. The summed E-state index contributed by atoms with van der Waals surface area (Å²) >= 11 is 0. The Morgan fingerprint density at radius 3 is 2.56 bits per heavy atom. The highest BCUT2D eigenvalue weighted by Gasteiger charge is 2.14. The van der Waals surface area contributed by atoms with Crippen LogP contribution in [0, 0.1) is 0 Å². The number of rotatable bonds is 6. The summed E-state index contributed by atoms with van der Waals surface area (Å²) in [4.78, 5) is 25.1. The Balaban J connectivity index is 1.99. The van der Waals surface area contributed by atoms with Crippen LogP contribution in [0.3, 0.4) is 0 Å². The van der Waals surface area contributed by atoms with Crippen LogP contribution in [0.25, 0.3) is 11.0 Å². The van der Waals surface area contributed by atoms with Crippen molar-refractivity contribution in [2.75, 3.05) is 11.4 Å². The van der Waals surface area contributed by atoms with Crippen LogP contribution < -0.4 is 10.5 Å². The van der Waals surface area contributed by atoms with E-state index in [9.17, 15) is 9.59 Å². The normalized spacial score (nSPS) is 10.8. The van der Waals surface area contributed by atoms with Crippen molar-refractivity contribution in [2.45, 2.75) is 19.9 Å². The van der Waals surface area contributed by atoms with Gasteiger partial charge in [0.05, 0.1) is 0 Å². The molecule has 1 aromatic heterocycles. The lowest BCUT2D eigenvalue weighted by atomic mass is 10.1. The first-order valence-corrected chi connectivity index (χ1v) is 8.18. The van der Waals surface area contributed by atoms with Crippen LogP contribution in [0.15, 0.2) is 63.8 Å². The summed E-state index contributed by atoms with van der Waals surface area (Å²) in [6, 6.07) is 17.0. The van der Waals surface area contributed by atoms with E-state index in [4.69, 9.17) is 9.52 Å². The smallest absolute Gasteiger partial charge is 0.351 e. The van der Waals surface area contributed by atoms with Gasteiger partial charge in [-0.25, -0.2) is 9.59 Å². The molecule has 5 heteroatoms. The number of fused-ring (bicyclic) bond motifs is 1. The van der Waals surface area contributed by atoms with Crippen molar-refractivity contribution < 1.29 is 14.3 Å². The number of carbonyl (C=O) groups is 1. The highest BCUT2D eigenvalue weighted by atomic mass is 16.4. The fourth-order valence-corrected chi connectivity index (χ4v) is 2.82. The molecule has 25 heavy (non-hydrogen) atoms. The molecule has 0 bridgehead atoms. The summed E-state index contributed by atoms with van der Waals surface area (Å²) in [7, 11) is 0. The van der Waals surface area contributed by atoms with Crippen LogP contribution in [-0.2, 0) is 6.54 Å². The molecule has 3 rings (SSSR count). The van der Waals surface area contributed by atoms with E-state index >= 15 is 0 Å². The molecule has 0 radical (unpaired) electrons. The highest BCUT2D eigenvalue weighted by molar-refractivity contribution is 5.92. The maximum absolute atomic E-state index is 11.8. The largest absolute Gasteiger partial charge is 0.477 e. The molecular weight excluding hydrogens is 318 g/mol. The topological polar surface area (TPSA) is 70.8 Å². The molecule has 0 aliphatic carbocycles. The van der Waals surface area contributed by atoms with E-state index in [-0.39, 0.29) is 5.56 Å². The lowest BCUT2D eigenvalue weighted by Gasteiger charge is -2.24. The molecule has 0 unspecified atom stereocenters. The number of hydrogen-bond acceptors (Lipinski definition) is 4. The lowest BCUT2D eigenvalue weighted by Crippen LogP contribution is -2.23. The molecule has 5 nitrogen and oxygen atoms in total. The Morgan fingerprint density at radius 2 is 1.88 bits per heavy atom. The summed E-state index contributed by atoms with van der Waals surface area (Å²) in [5, 5.41) is 9.63. The summed E-state index contributed by atoms with van der Waals surface area (Å²) in [5.41, 5.74) is 1.34. The van der Waals surface area contributed by atoms with E-state index in [1.54, 1.807) is 12.1 Å². The maximum Gasteiger partial charge on any atom is 0.351 e. The Hall–Kier alpha value is -3.08. The number of hydrogen-bond donors (Lipinski definition) is 1. The third-order valence-corrected chi connectivity index (χ3v) is 4.02. The zero-order chi connectivity index (χ0) is 17.8. The van der Waals surface area contributed by atoms with Gasteiger partial charge in [-0.05, 0) is 30.2 Å². The molecule has 128 valence electrons. The van der Waals surface area contributed by atoms with Gasteiger partial charge in [0.2, 0.25) is 0 Å². The van der Waals surface area contributed by atoms with Crippen LogP contribution in [0.2, 0.25) is 0 Å². The van der Waals surface area contributed by atoms with Gasteiger partial charge in [0.25, 0.3) is 0 Å². The molecular formula is C20H19NO4. The van der Waals surface area contributed by atoms with Crippen LogP contribution >= 0.6 is 0 Å². The monoisotopic (exact) mass is 337 g/mol. The minimum atomic E-state index is -1.28. The third-order valence-electron chi connectivity index (χ3n) is 4.02. The average molecular weight is 337 g/mol. The molecule has 1 N–H and O–H groups in total. The third kappa shape index (κ3) is 3.71. The molecule has 0 spiro atoms. The molecule has 3 aromatic rings. The molecule has 0 saturated carbocycles. The second kappa shape index (κ2) is 7.21. The number of anilines is 1. The van der Waals surface area contributed by atoms with E-state index in [0.29, 0.717) is 11.0 Å². The minimum Gasteiger partial charge on any atom is -0.477 e. The minimum absolute atomic E-state index is 0.352. The second-order valence-corrected chi connectivity index (χ2v) is 5.88. The van der Waals surface area contributed by atoms with Crippen LogP contribution in [0.1, 0.15) is 29.3 Å². The molecule has 0 fully saturated rings. The van der Waals surface area contributed by atoms with Crippen molar-refractivity contribution in [3.8, 4) is 0 Å². The number of benzene rings is 2. The van der Waals surface area contributed by atoms with Gasteiger partial charge in [-0.2, -0.15) is 0 Å². The summed E-state index contributed by atoms with van der Waals surface area (Å²) in [6.07, 6.45) is 0.979. The Morgan fingerprint density at radius 1 is 1.12 bits per heavy atom. The van der Waals surface area contributed by atoms with Crippen molar-refractivity contribution in [3.05, 3.63) is 76.1 Å². The average Bonchev–Trinajstić information content (AvgIpc) is 2.61. The maximum atomic E-state index is 11.8. The first-order chi connectivity index (χ1) is 12.1. The summed E-state index contributed by atoms with van der Waals surface area (Å²) in [6.45, 7) is 3.72.